The van der Waals surface area contributed by atoms with Crippen molar-refractivity contribution in [3.05, 3.63) is 41.7 Å². The lowest BCUT2D eigenvalue weighted by atomic mass is 10.2. The molecule has 150 valence electrons. The minimum absolute atomic E-state index is 0. The van der Waals surface area contributed by atoms with Crippen LogP contribution in [0.25, 0.3) is 0 Å². The van der Waals surface area contributed by atoms with Crippen LogP contribution in [0.5, 0.6) is 5.75 Å². The van der Waals surface area contributed by atoms with Gasteiger partial charge in [-0.15, -0.1) is 24.0 Å². The standard InChI is InChI=1S/C18H23F3N4O.HI/c1-22-18(25-10-7-13(12-25)24-8-2-3-9-24)23-11-14-15(19)5-4-6-16(14)26-17(20)21;/h2-6,13,17H,7-12H2,1H3,(H,22,23);1H. The molecule has 1 aromatic rings. The first-order valence-corrected chi connectivity index (χ1v) is 8.65. The van der Waals surface area contributed by atoms with Crippen LogP contribution in [-0.4, -0.2) is 61.6 Å². The normalized spacial score (nSPS) is 20.3. The highest BCUT2D eigenvalue weighted by Gasteiger charge is 2.29. The average Bonchev–Trinajstić information content (AvgIpc) is 3.28. The lowest BCUT2D eigenvalue weighted by Gasteiger charge is -2.25. The summed E-state index contributed by atoms with van der Waals surface area (Å²) in [5.74, 6) is -0.121. The molecule has 2 aliphatic heterocycles. The molecule has 1 unspecified atom stereocenters. The maximum absolute atomic E-state index is 14.1. The van der Waals surface area contributed by atoms with Gasteiger partial charge in [0.15, 0.2) is 5.96 Å². The lowest BCUT2D eigenvalue weighted by Crippen LogP contribution is -2.42. The third-order valence-corrected chi connectivity index (χ3v) is 4.75. The van der Waals surface area contributed by atoms with E-state index in [9.17, 15) is 13.2 Å². The molecule has 0 aliphatic carbocycles. The molecule has 9 heteroatoms. The van der Waals surface area contributed by atoms with E-state index in [0.29, 0.717) is 12.0 Å². The number of hydrogen-bond acceptors (Lipinski definition) is 3. The summed E-state index contributed by atoms with van der Waals surface area (Å²) in [5, 5.41) is 3.07. The molecule has 1 saturated heterocycles. The van der Waals surface area contributed by atoms with E-state index in [1.165, 1.54) is 18.2 Å². The fourth-order valence-corrected chi connectivity index (χ4v) is 3.44. The monoisotopic (exact) mass is 496 g/mol. The van der Waals surface area contributed by atoms with Gasteiger partial charge in [-0.1, -0.05) is 18.2 Å². The van der Waals surface area contributed by atoms with Crippen molar-refractivity contribution < 1.29 is 17.9 Å². The number of ether oxygens (including phenoxy) is 1. The smallest absolute Gasteiger partial charge is 0.387 e. The quantitative estimate of drug-likeness (QED) is 0.295. The van der Waals surface area contributed by atoms with Crippen molar-refractivity contribution in [3.8, 4) is 5.75 Å². The maximum Gasteiger partial charge on any atom is 0.387 e. The first-order valence-electron chi connectivity index (χ1n) is 8.65. The van der Waals surface area contributed by atoms with Gasteiger partial charge in [0.1, 0.15) is 11.6 Å². The molecule has 1 fully saturated rings. The van der Waals surface area contributed by atoms with Gasteiger partial charge in [-0.25, -0.2) is 4.39 Å². The Balaban J connectivity index is 0.00000261. The van der Waals surface area contributed by atoms with Crippen molar-refractivity contribution in [1.82, 2.24) is 15.1 Å². The summed E-state index contributed by atoms with van der Waals surface area (Å²) in [7, 11) is 1.66. The molecule has 2 aliphatic rings. The molecule has 27 heavy (non-hydrogen) atoms. The summed E-state index contributed by atoms with van der Waals surface area (Å²) in [6, 6.07) is 4.36. The molecule has 0 amide bonds. The van der Waals surface area contributed by atoms with Crippen molar-refractivity contribution in [1.29, 1.82) is 0 Å². The molecule has 2 heterocycles. The summed E-state index contributed by atoms with van der Waals surface area (Å²) in [4.78, 5) is 8.76. The van der Waals surface area contributed by atoms with Gasteiger partial charge in [0.05, 0.1) is 0 Å². The van der Waals surface area contributed by atoms with E-state index >= 15 is 0 Å². The summed E-state index contributed by atoms with van der Waals surface area (Å²) in [6.07, 6.45) is 5.36. The van der Waals surface area contributed by atoms with Crippen LogP contribution < -0.4 is 10.1 Å². The van der Waals surface area contributed by atoms with Crippen LogP contribution in [0, 0.1) is 5.82 Å². The highest BCUT2D eigenvalue weighted by molar-refractivity contribution is 14.0. The van der Waals surface area contributed by atoms with Gasteiger partial charge in [0.25, 0.3) is 0 Å². The fraction of sp³-hybridized carbons (Fsp3) is 0.500. The number of likely N-dealkylation sites (tertiary alicyclic amines) is 1. The van der Waals surface area contributed by atoms with Crippen LogP contribution >= 0.6 is 24.0 Å². The zero-order valence-corrected chi connectivity index (χ0v) is 17.4. The van der Waals surface area contributed by atoms with E-state index in [1.54, 1.807) is 7.05 Å². The SMILES string of the molecule is CN=C(NCc1c(F)cccc1OC(F)F)N1CCC(N2CC=CC2)C1.I. The molecule has 5 nitrogen and oxygen atoms in total. The summed E-state index contributed by atoms with van der Waals surface area (Å²) >= 11 is 0. The third kappa shape index (κ3) is 5.50. The number of halogens is 4. The van der Waals surface area contributed by atoms with Gasteiger partial charge in [0, 0.05) is 51.4 Å². The van der Waals surface area contributed by atoms with Gasteiger partial charge in [-0.3, -0.25) is 9.89 Å². The van der Waals surface area contributed by atoms with E-state index < -0.39 is 12.4 Å². The second kappa shape index (κ2) is 10.2. The second-order valence-corrected chi connectivity index (χ2v) is 6.31. The second-order valence-electron chi connectivity index (χ2n) is 6.31. The Kier molecular flexibility index (Phi) is 8.21. The highest BCUT2D eigenvalue weighted by Crippen LogP contribution is 2.24. The van der Waals surface area contributed by atoms with Crippen LogP contribution in [0.3, 0.4) is 0 Å². The van der Waals surface area contributed by atoms with Crippen molar-refractivity contribution in [2.45, 2.75) is 25.6 Å². The molecule has 3 rings (SSSR count). The number of hydrogen-bond donors (Lipinski definition) is 1. The van der Waals surface area contributed by atoms with E-state index in [1.807, 2.05) is 0 Å². The first kappa shape index (κ1) is 21.8. The molecule has 1 aromatic carbocycles. The summed E-state index contributed by atoms with van der Waals surface area (Å²) in [5.41, 5.74) is 0.0634. The van der Waals surface area contributed by atoms with Gasteiger partial charge >= 0.3 is 6.61 Å². The van der Waals surface area contributed by atoms with Crippen molar-refractivity contribution in [2.75, 3.05) is 33.2 Å². The van der Waals surface area contributed by atoms with E-state index in [-0.39, 0.29) is 41.8 Å². The van der Waals surface area contributed by atoms with Crippen molar-refractivity contribution in [2.24, 2.45) is 4.99 Å². The number of guanidine groups is 1. The van der Waals surface area contributed by atoms with Crippen LogP contribution in [0.2, 0.25) is 0 Å². The number of rotatable bonds is 5. The van der Waals surface area contributed by atoms with E-state index in [0.717, 1.165) is 32.6 Å². The minimum atomic E-state index is -3.00. The summed E-state index contributed by atoms with van der Waals surface area (Å²) in [6.45, 7) is 0.636. The lowest BCUT2D eigenvalue weighted by molar-refractivity contribution is -0.0506. The Morgan fingerprint density at radius 1 is 1.33 bits per heavy atom. The number of nitrogens with one attached hydrogen (secondary N) is 1. The zero-order valence-electron chi connectivity index (χ0n) is 15.1. The molecule has 0 saturated carbocycles. The predicted molar refractivity (Wildman–Crippen MR) is 109 cm³/mol. The van der Waals surface area contributed by atoms with E-state index in [4.69, 9.17) is 0 Å². The van der Waals surface area contributed by atoms with Crippen LogP contribution in [0.1, 0.15) is 12.0 Å². The number of alkyl halides is 2. The Bertz CT molecular complexity index is 679. The van der Waals surface area contributed by atoms with Crippen LogP contribution in [-0.2, 0) is 6.54 Å². The van der Waals surface area contributed by atoms with E-state index in [2.05, 4.69) is 37.0 Å². The maximum atomic E-state index is 14.1. The highest BCUT2D eigenvalue weighted by atomic mass is 127. The number of nitrogens with zero attached hydrogens (tertiary/aromatic N) is 3. The average molecular weight is 496 g/mol. The number of aliphatic imine (C=N–C) groups is 1. The first-order chi connectivity index (χ1) is 12.6. The third-order valence-electron chi connectivity index (χ3n) is 4.75. The molecular formula is C18H24F3IN4O. The molecule has 0 spiro atoms. The predicted octanol–water partition coefficient (Wildman–Crippen LogP) is 3.07. The van der Waals surface area contributed by atoms with Gasteiger partial charge in [-0.05, 0) is 18.6 Å². The zero-order chi connectivity index (χ0) is 18.5. The molecule has 0 bridgehead atoms. The van der Waals surface area contributed by atoms with Gasteiger partial charge in [-0.2, -0.15) is 8.78 Å². The summed E-state index contributed by atoms with van der Waals surface area (Å²) < 4.78 is 43.5. The Hall–Kier alpha value is -1.49. The Morgan fingerprint density at radius 3 is 2.74 bits per heavy atom. The molecule has 1 N–H and O–H groups in total. The van der Waals surface area contributed by atoms with Gasteiger partial charge in [0.2, 0.25) is 0 Å². The van der Waals surface area contributed by atoms with Crippen LogP contribution in [0.4, 0.5) is 13.2 Å². The topological polar surface area (TPSA) is 40.1 Å². The van der Waals surface area contributed by atoms with Gasteiger partial charge < -0.3 is 15.0 Å². The largest absolute Gasteiger partial charge is 0.434 e. The molecule has 0 aromatic heterocycles. The van der Waals surface area contributed by atoms with Crippen molar-refractivity contribution >= 4 is 29.9 Å². The molecule has 0 radical (unpaired) electrons. The fourth-order valence-electron chi connectivity index (χ4n) is 3.44. The molecular weight excluding hydrogens is 472 g/mol. The number of benzene rings is 1. The molecule has 1 atom stereocenters. The minimum Gasteiger partial charge on any atom is -0.434 e. The van der Waals surface area contributed by atoms with Crippen LogP contribution in [0.15, 0.2) is 35.3 Å². The Morgan fingerprint density at radius 2 is 2.07 bits per heavy atom. The Labute approximate surface area is 174 Å². The van der Waals surface area contributed by atoms with Crippen molar-refractivity contribution in [3.63, 3.8) is 0 Å².